The highest BCUT2D eigenvalue weighted by Crippen LogP contribution is 2.45. The molecule has 8 heteroatoms. The molecule has 5 aromatic carbocycles. The smallest absolute Gasteiger partial charge is 0.258 e. The molecule has 1 amide bonds. The Balaban J connectivity index is 1.04. The summed E-state index contributed by atoms with van der Waals surface area (Å²) >= 11 is 0. The van der Waals surface area contributed by atoms with Gasteiger partial charge in [0.1, 0.15) is 5.82 Å². The largest absolute Gasteiger partial charge is 0.493 e. The van der Waals surface area contributed by atoms with E-state index >= 15 is 0 Å². The molecule has 3 heterocycles. The number of methoxy groups -OCH3 is 2. The second-order valence-electron chi connectivity index (χ2n) is 14.3. The summed E-state index contributed by atoms with van der Waals surface area (Å²) in [5, 5.41) is 2.50. The standard InChI is InChI=1S/C45H47FN4O3/c1-52-43-24-19-32(30-44(43)53-2)45(51)49-35(12-4-3-11-25-47-26-28-48(29-27-47)34-22-20-33(46)21-23-34)31-42(38-15-7-10-18-41(38)49)50-39-16-8-5-13-36(39)37-14-6-9-17-40(37)50/h5-10,13-24,30,35,42H,3-4,11-12,25-29,31H2,1-2H3. The number of para-hydroxylation sites is 3. The predicted octanol–water partition coefficient (Wildman–Crippen LogP) is 9.34. The number of unbranched alkanes of at least 4 members (excludes halogenated alkanes) is 2. The normalized spacial score (nSPS) is 17.6. The van der Waals surface area contributed by atoms with Crippen molar-refractivity contribution in [2.24, 2.45) is 0 Å². The van der Waals surface area contributed by atoms with Crippen molar-refractivity contribution in [3.63, 3.8) is 0 Å². The Morgan fingerprint density at radius 1 is 0.717 bits per heavy atom. The van der Waals surface area contributed by atoms with Crippen LogP contribution in [0.4, 0.5) is 15.8 Å². The number of fused-ring (bicyclic) bond motifs is 4. The molecule has 0 spiro atoms. The van der Waals surface area contributed by atoms with E-state index in [4.69, 9.17) is 9.47 Å². The van der Waals surface area contributed by atoms with Gasteiger partial charge in [0.2, 0.25) is 0 Å². The van der Waals surface area contributed by atoms with Crippen LogP contribution in [0.1, 0.15) is 54.1 Å². The van der Waals surface area contributed by atoms with E-state index < -0.39 is 0 Å². The number of hydrogen-bond donors (Lipinski definition) is 0. The maximum Gasteiger partial charge on any atom is 0.258 e. The molecule has 2 aliphatic heterocycles. The van der Waals surface area contributed by atoms with Crippen molar-refractivity contribution < 1.29 is 18.7 Å². The first-order valence-corrected chi connectivity index (χ1v) is 18.9. The molecule has 0 aliphatic carbocycles. The molecule has 53 heavy (non-hydrogen) atoms. The van der Waals surface area contributed by atoms with E-state index in [1.165, 1.54) is 21.8 Å². The molecule has 2 aliphatic rings. The van der Waals surface area contributed by atoms with Gasteiger partial charge >= 0.3 is 0 Å². The second kappa shape index (κ2) is 15.3. The summed E-state index contributed by atoms with van der Waals surface area (Å²) in [6.07, 6.45) is 4.94. The molecular formula is C45H47FN4O3. The number of carbonyl (C=O) groups excluding carboxylic acids is 1. The topological polar surface area (TPSA) is 50.2 Å². The van der Waals surface area contributed by atoms with Crippen LogP contribution in [0.3, 0.4) is 0 Å². The summed E-state index contributed by atoms with van der Waals surface area (Å²) < 4.78 is 27.1. The molecule has 1 aromatic heterocycles. The molecule has 272 valence electrons. The summed E-state index contributed by atoms with van der Waals surface area (Å²) in [5.74, 6) is 0.924. The fourth-order valence-electron chi connectivity index (χ4n) is 8.61. The van der Waals surface area contributed by atoms with Crippen LogP contribution < -0.4 is 19.3 Å². The van der Waals surface area contributed by atoms with Gasteiger partial charge in [0.15, 0.2) is 11.5 Å². The van der Waals surface area contributed by atoms with Crippen molar-refractivity contribution in [1.29, 1.82) is 0 Å². The highest BCUT2D eigenvalue weighted by Gasteiger charge is 2.38. The molecule has 2 atom stereocenters. The molecule has 8 rings (SSSR count). The van der Waals surface area contributed by atoms with E-state index in [0.717, 1.165) is 81.8 Å². The average Bonchev–Trinajstić information content (AvgIpc) is 3.54. The second-order valence-corrected chi connectivity index (χ2v) is 14.3. The van der Waals surface area contributed by atoms with Crippen LogP contribution in [-0.4, -0.2) is 68.4 Å². The van der Waals surface area contributed by atoms with Gasteiger partial charge in [-0.3, -0.25) is 9.69 Å². The first-order chi connectivity index (χ1) is 26.0. The summed E-state index contributed by atoms with van der Waals surface area (Å²) in [6, 6.07) is 38.2. The maximum atomic E-state index is 14.7. The minimum absolute atomic E-state index is 0.00493. The fourth-order valence-corrected chi connectivity index (χ4v) is 8.61. The van der Waals surface area contributed by atoms with Crippen molar-refractivity contribution in [1.82, 2.24) is 9.47 Å². The van der Waals surface area contributed by atoms with Gasteiger partial charge in [-0.25, -0.2) is 4.39 Å². The first kappa shape index (κ1) is 34.7. The van der Waals surface area contributed by atoms with Crippen LogP contribution >= 0.6 is 0 Å². The summed E-state index contributed by atoms with van der Waals surface area (Å²) in [4.78, 5) is 21.6. The van der Waals surface area contributed by atoms with Crippen molar-refractivity contribution in [2.45, 2.75) is 44.2 Å². The van der Waals surface area contributed by atoms with Gasteiger partial charge in [-0.2, -0.15) is 0 Å². The number of anilines is 2. The lowest BCUT2D eigenvalue weighted by atomic mass is 9.87. The Hall–Kier alpha value is -5.34. The number of hydrogen-bond acceptors (Lipinski definition) is 5. The lowest BCUT2D eigenvalue weighted by molar-refractivity contribution is 0.0968. The van der Waals surface area contributed by atoms with E-state index in [9.17, 15) is 9.18 Å². The summed E-state index contributed by atoms with van der Waals surface area (Å²) in [7, 11) is 3.21. The Labute approximate surface area is 311 Å². The molecule has 0 bridgehead atoms. The van der Waals surface area contributed by atoms with Crippen molar-refractivity contribution in [2.75, 3.05) is 56.7 Å². The SMILES string of the molecule is COc1ccc(C(=O)N2c3ccccc3C(n3c4ccccc4c4ccccc43)CC2CCCCCN2CCN(c3ccc(F)cc3)CC2)cc1OC. The minimum atomic E-state index is -0.194. The first-order valence-electron chi connectivity index (χ1n) is 18.9. The van der Waals surface area contributed by atoms with E-state index in [-0.39, 0.29) is 23.8 Å². The number of rotatable bonds is 11. The van der Waals surface area contributed by atoms with Crippen LogP contribution in [0, 0.1) is 5.82 Å². The highest BCUT2D eigenvalue weighted by atomic mass is 19.1. The highest BCUT2D eigenvalue weighted by molar-refractivity contribution is 6.09. The van der Waals surface area contributed by atoms with Crippen LogP contribution in [0.5, 0.6) is 11.5 Å². The zero-order valence-electron chi connectivity index (χ0n) is 30.6. The van der Waals surface area contributed by atoms with Crippen LogP contribution in [0.25, 0.3) is 21.8 Å². The van der Waals surface area contributed by atoms with E-state index in [1.807, 2.05) is 24.3 Å². The van der Waals surface area contributed by atoms with Crippen molar-refractivity contribution in [3.05, 3.63) is 132 Å². The Bertz CT molecular complexity index is 2150. The number of benzene rings is 5. The summed E-state index contributed by atoms with van der Waals surface area (Å²) in [6.45, 7) is 4.97. The molecule has 1 fully saturated rings. The van der Waals surface area contributed by atoms with Gasteiger partial charge in [0.05, 0.1) is 20.3 Å². The Kier molecular flexibility index (Phi) is 10.0. The number of ether oxygens (including phenoxy) is 2. The summed E-state index contributed by atoms with van der Waals surface area (Å²) in [5.41, 5.74) is 6.22. The van der Waals surface area contributed by atoms with Gasteiger partial charge in [-0.1, -0.05) is 67.4 Å². The molecule has 0 N–H and O–H groups in total. The zero-order chi connectivity index (χ0) is 36.3. The average molecular weight is 711 g/mol. The molecular weight excluding hydrogens is 664 g/mol. The lowest BCUT2D eigenvalue weighted by Crippen LogP contribution is -2.46. The predicted molar refractivity (Wildman–Crippen MR) is 212 cm³/mol. The molecule has 6 aromatic rings. The minimum Gasteiger partial charge on any atom is -0.493 e. The molecule has 2 unspecified atom stereocenters. The lowest BCUT2D eigenvalue weighted by Gasteiger charge is -2.42. The van der Waals surface area contributed by atoms with Crippen molar-refractivity contribution >= 4 is 39.1 Å². The number of piperazine rings is 1. The van der Waals surface area contributed by atoms with Gasteiger partial charge < -0.3 is 23.8 Å². The number of aromatic nitrogens is 1. The molecule has 0 saturated carbocycles. The monoisotopic (exact) mass is 710 g/mol. The third-order valence-corrected chi connectivity index (χ3v) is 11.3. The third kappa shape index (κ3) is 6.84. The van der Waals surface area contributed by atoms with Gasteiger partial charge in [-0.05, 0) is 92.0 Å². The van der Waals surface area contributed by atoms with Crippen LogP contribution in [0.2, 0.25) is 0 Å². The van der Waals surface area contributed by atoms with Crippen LogP contribution in [-0.2, 0) is 0 Å². The Morgan fingerprint density at radius 2 is 1.38 bits per heavy atom. The van der Waals surface area contributed by atoms with E-state index in [0.29, 0.717) is 17.1 Å². The van der Waals surface area contributed by atoms with E-state index in [1.54, 1.807) is 32.4 Å². The third-order valence-electron chi connectivity index (χ3n) is 11.3. The molecule has 0 radical (unpaired) electrons. The Morgan fingerprint density at radius 3 is 2.08 bits per heavy atom. The van der Waals surface area contributed by atoms with Crippen LogP contribution in [0.15, 0.2) is 115 Å². The van der Waals surface area contributed by atoms with E-state index in [2.05, 4.69) is 92.1 Å². The maximum absolute atomic E-state index is 14.7. The number of amides is 1. The number of halogens is 1. The number of nitrogens with zero attached hydrogens (tertiary/aromatic N) is 4. The zero-order valence-corrected chi connectivity index (χ0v) is 30.6. The van der Waals surface area contributed by atoms with Crippen molar-refractivity contribution in [3.8, 4) is 11.5 Å². The fraction of sp³-hybridized carbons (Fsp3) is 0.311. The molecule has 7 nitrogen and oxygen atoms in total. The van der Waals surface area contributed by atoms with Gasteiger partial charge in [0, 0.05) is 71.0 Å². The van der Waals surface area contributed by atoms with Gasteiger partial charge in [-0.15, -0.1) is 0 Å². The molecule has 1 saturated heterocycles. The number of carbonyl (C=O) groups is 1. The van der Waals surface area contributed by atoms with Gasteiger partial charge in [0.25, 0.3) is 5.91 Å². The quantitative estimate of drug-likeness (QED) is 0.126.